The van der Waals surface area contributed by atoms with E-state index < -0.39 is 0 Å². The Labute approximate surface area is 359 Å². The van der Waals surface area contributed by atoms with Gasteiger partial charge in [0.2, 0.25) is 0 Å². The number of aryl methyl sites for hydroxylation is 4. The smallest absolute Gasteiger partial charge is 0.124 e. The van der Waals surface area contributed by atoms with Gasteiger partial charge >= 0.3 is 0 Å². The number of benzene rings is 4. The van der Waals surface area contributed by atoms with Gasteiger partial charge in [-0.2, -0.15) is 0 Å². The second-order valence-corrected chi connectivity index (χ2v) is 15.2. The molecule has 61 heavy (non-hydrogen) atoms. The molecule has 0 spiro atoms. The van der Waals surface area contributed by atoms with Crippen LogP contribution in [0.15, 0.2) is 117 Å². The third-order valence-corrected chi connectivity index (χ3v) is 10.3. The van der Waals surface area contributed by atoms with Crippen LogP contribution in [0.5, 0.6) is 17.2 Å². The van der Waals surface area contributed by atoms with Crippen LogP contribution in [0.4, 0.5) is 22.7 Å². The highest BCUT2D eigenvalue weighted by atomic mass is 16.5. The number of aliphatic hydroxyl groups is 1. The zero-order valence-corrected chi connectivity index (χ0v) is 37.0. The molecule has 2 heterocycles. The summed E-state index contributed by atoms with van der Waals surface area (Å²) in [5.74, 6) is 1.99. The molecule has 10 nitrogen and oxygen atoms in total. The lowest BCUT2D eigenvalue weighted by Gasteiger charge is -2.13. The molecule has 6 rings (SSSR count). The first-order chi connectivity index (χ1) is 29.3. The van der Waals surface area contributed by atoms with E-state index in [0.717, 1.165) is 96.9 Å². The van der Waals surface area contributed by atoms with Crippen molar-refractivity contribution >= 4 is 45.6 Å². The first-order valence-corrected chi connectivity index (χ1v) is 20.2. The molecule has 0 amide bonds. The molecule has 2 aromatic heterocycles. The van der Waals surface area contributed by atoms with E-state index in [1.54, 1.807) is 27.4 Å². The molecular formula is C51H54N6O4. The van der Waals surface area contributed by atoms with E-state index in [1.165, 1.54) is 11.1 Å². The van der Waals surface area contributed by atoms with Gasteiger partial charge in [-0.3, -0.25) is 20.0 Å². The summed E-state index contributed by atoms with van der Waals surface area (Å²) in [4.78, 5) is 29.6. The van der Waals surface area contributed by atoms with Crippen molar-refractivity contribution in [3.8, 4) is 17.2 Å². The highest BCUT2D eigenvalue weighted by molar-refractivity contribution is 6.03. The molecule has 0 atom stereocenters. The molecule has 0 saturated carbocycles. The Morgan fingerprint density at radius 1 is 0.459 bits per heavy atom. The summed E-state index contributed by atoms with van der Waals surface area (Å²) in [6, 6.07) is 31.7. The average molecular weight is 815 g/mol. The quantitative estimate of drug-likeness (QED) is 0.109. The molecule has 0 radical (unpaired) electrons. The van der Waals surface area contributed by atoms with Gasteiger partial charge in [-0.1, -0.05) is 36.4 Å². The molecule has 0 unspecified atom stereocenters. The van der Waals surface area contributed by atoms with Crippen molar-refractivity contribution in [2.45, 2.75) is 68.4 Å². The van der Waals surface area contributed by atoms with E-state index >= 15 is 0 Å². The van der Waals surface area contributed by atoms with Gasteiger partial charge in [-0.25, -0.2) is 9.97 Å². The Kier molecular flexibility index (Phi) is 14.0. The second-order valence-electron chi connectivity index (χ2n) is 15.2. The Hall–Kier alpha value is -6.78. The molecular weight excluding hydrogens is 761 g/mol. The Bertz CT molecular complexity index is 2440. The minimum atomic E-state index is -0.0957. The Morgan fingerprint density at radius 2 is 0.803 bits per heavy atom. The van der Waals surface area contributed by atoms with Crippen LogP contribution in [0.3, 0.4) is 0 Å². The van der Waals surface area contributed by atoms with E-state index in [9.17, 15) is 5.11 Å². The Balaban J connectivity index is 1.18. The monoisotopic (exact) mass is 814 g/mol. The molecule has 1 N–H and O–H groups in total. The lowest BCUT2D eigenvalue weighted by molar-refractivity contribution is 0.281. The summed E-state index contributed by atoms with van der Waals surface area (Å²) < 4.78 is 16.2. The molecule has 312 valence electrons. The van der Waals surface area contributed by atoms with Crippen LogP contribution >= 0.6 is 0 Å². The molecule has 10 heteroatoms. The largest absolute Gasteiger partial charge is 0.497 e. The number of hydrogen-bond donors (Lipinski definition) is 1. The van der Waals surface area contributed by atoms with Crippen LogP contribution in [0.25, 0.3) is 0 Å². The number of aliphatic imine (C=N–C) groups is 4. The maximum Gasteiger partial charge on any atom is 0.124 e. The minimum absolute atomic E-state index is 0.0957. The molecule has 0 aliphatic carbocycles. The van der Waals surface area contributed by atoms with Gasteiger partial charge in [-0.15, -0.1) is 0 Å². The molecule has 4 aromatic carbocycles. The number of methoxy groups -OCH3 is 3. The summed E-state index contributed by atoms with van der Waals surface area (Å²) in [6.07, 6.45) is 0.784. The third kappa shape index (κ3) is 10.9. The third-order valence-electron chi connectivity index (χ3n) is 10.3. The highest BCUT2D eigenvalue weighted by Crippen LogP contribution is 2.32. The summed E-state index contributed by atoms with van der Waals surface area (Å²) in [7, 11) is 4.85. The van der Waals surface area contributed by atoms with Crippen molar-refractivity contribution in [2.75, 3.05) is 21.3 Å². The van der Waals surface area contributed by atoms with Gasteiger partial charge in [0.05, 0.1) is 96.3 Å². The molecule has 0 saturated heterocycles. The minimum Gasteiger partial charge on any atom is -0.497 e. The Morgan fingerprint density at radius 3 is 1.16 bits per heavy atom. The number of aromatic nitrogens is 2. The standard InChI is InChI=1S/C51H54N6O4/c1-30-18-38(19-31(2)50(30)54-36(7)48-16-12-14-46(56-48)34(5)52-41-23-40(29-58)24-43(25-41)59-9)22-39-20-32(3)51(33(4)21-39)55-37(8)49-17-13-15-47(57-49)35(6)53-42-26-44(60-10)28-45(27-42)61-11/h12-21,23-28,58H,22,29H2,1-11H3. The molecule has 0 bridgehead atoms. The van der Waals surface area contributed by atoms with E-state index in [-0.39, 0.29) is 6.61 Å². The maximum absolute atomic E-state index is 9.68. The van der Waals surface area contributed by atoms with Crippen LogP contribution in [-0.2, 0) is 13.0 Å². The van der Waals surface area contributed by atoms with Crippen molar-refractivity contribution in [1.82, 2.24) is 9.97 Å². The predicted octanol–water partition coefficient (Wildman–Crippen LogP) is 11.4. The van der Waals surface area contributed by atoms with Gasteiger partial charge in [0.1, 0.15) is 17.2 Å². The van der Waals surface area contributed by atoms with Gasteiger partial charge in [0.25, 0.3) is 0 Å². The van der Waals surface area contributed by atoms with E-state index in [2.05, 4.69) is 52.0 Å². The van der Waals surface area contributed by atoms with Crippen LogP contribution in [0, 0.1) is 27.7 Å². The number of ether oxygens (including phenoxy) is 3. The van der Waals surface area contributed by atoms with Gasteiger partial charge in [0, 0.05) is 24.3 Å². The number of pyridine rings is 2. The SMILES string of the molecule is COc1cc(CO)cc(N=C(C)c2cccc(C(C)=Nc3c(C)cc(Cc4cc(C)c(N=C(C)c5cccc(C(C)=Nc6cc(OC)cc(OC)c6)n5)c(C)c4)cc3C)n2)c1. The molecule has 6 aromatic rings. The number of aliphatic hydroxyl groups excluding tert-OH is 1. The fourth-order valence-electron chi connectivity index (χ4n) is 7.29. The number of rotatable bonds is 14. The number of hydrogen-bond acceptors (Lipinski definition) is 10. The van der Waals surface area contributed by atoms with Crippen LogP contribution in [-0.4, -0.2) is 59.3 Å². The van der Waals surface area contributed by atoms with E-state index in [0.29, 0.717) is 22.9 Å². The topological polar surface area (TPSA) is 123 Å². The normalized spacial score (nSPS) is 12.5. The molecule has 0 aliphatic rings. The van der Waals surface area contributed by atoms with Crippen molar-refractivity contribution in [3.05, 3.63) is 159 Å². The molecule has 0 aliphatic heterocycles. The summed E-state index contributed by atoms with van der Waals surface area (Å²) in [6.45, 7) is 16.2. The summed E-state index contributed by atoms with van der Waals surface area (Å²) in [5.41, 5.74) is 17.1. The van der Waals surface area contributed by atoms with Gasteiger partial charge in [-0.05, 0) is 137 Å². The highest BCUT2D eigenvalue weighted by Gasteiger charge is 2.13. The second kappa shape index (κ2) is 19.5. The van der Waals surface area contributed by atoms with Crippen molar-refractivity contribution < 1.29 is 19.3 Å². The van der Waals surface area contributed by atoms with Crippen molar-refractivity contribution in [3.63, 3.8) is 0 Å². The predicted molar refractivity (Wildman–Crippen MR) is 249 cm³/mol. The van der Waals surface area contributed by atoms with Crippen LogP contribution < -0.4 is 14.2 Å². The number of nitrogens with zero attached hydrogens (tertiary/aromatic N) is 6. The fraction of sp³-hybridized carbons (Fsp3) is 0.255. The summed E-state index contributed by atoms with van der Waals surface area (Å²) in [5, 5.41) is 9.68. The van der Waals surface area contributed by atoms with E-state index in [1.807, 2.05) is 94.4 Å². The lowest BCUT2D eigenvalue weighted by Crippen LogP contribution is -2.05. The lowest BCUT2D eigenvalue weighted by atomic mass is 9.96. The average Bonchev–Trinajstić information content (AvgIpc) is 3.25. The van der Waals surface area contributed by atoms with Gasteiger partial charge in [0.15, 0.2) is 0 Å². The van der Waals surface area contributed by atoms with Crippen molar-refractivity contribution in [1.29, 1.82) is 0 Å². The summed E-state index contributed by atoms with van der Waals surface area (Å²) >= 11 is 0. The van der Waals surface area contributed by atoms with Crippen LogP contribution in [0.2, 0.25) is 0 Å². The van der Waals surface area contributed by atoms with Crippen molar-refractivity contribution in [2.24, 2.45) is 20.0 Å². The first-order valence-electron chi connectivity index (χ1n) is 20.2. The zero-order valence-electron chi connectivity index (χ0n) is 37.0. The van der Waals surface area contributed by atoms with Gasteiger partial charge < -0.3 is 19.3 Å². The maximum atomic E-state index is 9.68. The van der Waals surface area contributed by atoms with Crippen LogP contribution in [0.1, 0.15) is 89.4 Å². The first kappa shape index (κ1) is 43.8. The fourth-order valence-corrected chi connectivity index (χ4v) is 7.29. The molecule has 0 fully saturated rings. The van der Waals surface area contributed by atoms with E-state index in [4.69, 9.17) is 44.1 Å². The zero-order chi connectivity index (χ0) is 43.8.